The Balaban J connectivity index is 2.00. The third kappa shape index (κ3) is 2.08. The molecule has 6 aromatic rings. The average molecular weight is 420 g/mol. The summed E-state index contributed by atoms with van der Waals surface area (Å²) in [5.41, 5.74) is -2.80. The van der Waals surface area contributed by atoms with Gasteiger partial charge in [0.2, 0.25) is 0 Å². The topological polar surface area (TPSA) is 109 Å². The van der Waals surface area contributed by atoms with E-state index < -0.39 is 54.8 Å². The number of hydrogen-bond donors (Lipinski definition) is 2. The summed E-state index contributed by atoms with van der Waals surface area (Å²) in [4.78, 5) is 52.9. The lowest BCUT2D eigenvalue weighted by molar-refractivity contribution is 0.478. The molecule has 0 unspecified atom stereocenters. The minimum absolute atomic E-state index is 0.0561. The van der Waals surface area contributed by atoms with Crippen LogP contribution in [0.3, 0.4) is 0 Å². The molecule has 0 aliphatic heterocycles. The molecule has 2 N–H and O–H groups in total. The van der Waals surface area contributed by atoms with Crippen molar-refractivity contribution in [1.29, 1.82) is 0 Å². The van der Waals surface area contributed by atoms with Crippen LogP contribution in [0.1, 0.15) is 0 Å². The Labute approximate surface area is 177 Å². The summed E-state index contributed by atoms with van der Waals surface area (Å²) in [7, 11) is 0. The molecule has 0 saturated heterocycles. The second-order valence-electron chi connectivity index (χ2n) is 7.80. The smallest absolute Gasteiger partial charge is 0.198 e. The third-order valence-corrected chi connectivity index (χ3v) is 6.15. The number of rotatable bonds is 0. The van der Waals surface area contributed by atoms with Crippen LogP contribution in [0.5, 0.6) is 11.5 Å². The number of hydrogen-bond acceptors (Lipinski definition) is 6. The molecule has 32 heavy (non-hydrogen) atoms. The predicted octanol–water partition coefficient (Wildman–Crippen LogP) is 3.18. The van der Waals surface area contributed by atoms with Gasteiger partial charge in [-0.15, -0.1) is 0 Å². The van der Waals surface area contributed by atoms with E-state index in [4.69, 9.17) is 0 Å². The zero-order chi connectivity index (χ0) is 22.3. The first-order chi connectivity index (χ1) is 15.4. The predicted molar refractivity (Wildman–Crippen MR) is 125 cm³/mol. The molecular formula is C26H12O6. The van der Waals surface area contributed by atoms with Gasteiger partial charge in [0.15, 0.2) is 21.7 Å². The van der Waals surface area contributed by atoms with Gasteiger partial charge in [-0.25, -0.2) is 0 Å². The second kappa shape index (κ2) is 5.98. The van der Waals surface area contributed by atoms with Crippen molar-refractivity contribution in [2.24, 2.45) is 0 Å². The largest absolute Gasteiger partial charge is 0.506 e. The number of benzene rings is 6. The lowest BCUT2D eigenvalue weighted by Crippen LogP contribution is -2.18. The third-order valence-electron chi connectivity index (χ3n) is 6.15. The summed E-state index contributed by atoms with van der Waals surface area (Å²) in [6, 6.07) is 16.3. The highest BCUT2D eigenvalue weighted by molar-refractivity contribution is 6.17. The number of fused-ring (bicyclic) bond motifs is 5. The maximum Gasteiger partial charge on any atom is 0.198 e. The van der Waals surface area contributed by atoms with Gasteiger partial charge in [0.05, 0.1) is 21.5 Å². The molecule has 0 aliphatic rings. The SMILES string of the molecule is O=c1c2ccccc2c(=O)c2c(O)c3c(=O)c4cc5ccccc5cc4c(=O)c3c(O)c12. The van der Waals surface area contributed by atoms with Crippen molar-refractivity contribution in [1.82, 2.24) is 0 Å². The van der Waals surface area contributed by atoms with Gasteiger partial charge in [0.25, 0.3) is 0 Å². The highest BCUT2D eigenvalue weighted by Crippen LogP contribution is 2.37. The van der Waals surface area contributed by atoms with Gasteiger partial charge in [0, 0.05) is 21.5 Å². The average Bonchev–Trinajstić information content (AvgIpc) is 2.81. The summed E-state index contributed by atoms with van der Waals surface area (Å²) in [6.45, 7) is 0. The number of phenolic OH excluding ortho intramolecular Hbond substituents is 2. The van der Waals surface area contributed by atoms with Crippen molar-refractivity contribution in [2.75, 3.05) is 0 Å². The Morgan fingerprint density at radius 2 is 0.750 bits per heavy atom. The Morgan fingerprint density at radius 3 is 1.12 bits per heavy atom. The Morgan fingerprint density at radius 1 is 0.438 bits per heavy atom. The van der Waals surface area contributed by atoms with E-state index in [2.05, 4.69) is 0 Å². The van der Waals surface area contributed by atoms with Crippen LogP contribution in [0.25, 0.3) is 53.9 Å². The molecular weight excluding hydrogens is 408 g/mol. The van der Waals surface area contributed by atoms with Gasteiger partial charge in [-0.05, 0) is 22.9 Å². The zero-order valence-corrected chi connectivity index (χ0v) is 16.3. The molecule has 0 aromatic heterocycles. The molecule has 6 aromatic carbocycles. The number of phenols is 2. The van der Waals surface area contributed by atoms with Gasteiger partial charge in [-0.2, -0.15) is 0 Å². The lowest BCUT2D eigenvalue weighted by atomic mass is 9.93. The summed E-state index contributed by atoms with van der Waals surface area (Å²) in [6.07, 6.45) is 0. The standard InChI is InChI=1S/C26H12O6/c27-21-13-7-3-4-8-14(13)22(28)18-17(21)25(31)19-20(26(18)32)24(30)16-10-12-6-2-1-5-11(12)9-15(16)23(19)29/h1-10,31-32H. The van der Waals surface area contributed by atoms with Crippen molar-refractivity contribution in [3.05, 3.63) is 102 Å². The summed E-state index contributed by atoms with van der Waals surface area (Å²) >= 11 is 0. The highest BCUT2D eigenvalue weighted by Gasteiger charge is 2.25. The first kappa shape index (κ1) is 18.2. The van der Waals surface area contributed by atoms with Gasteiger partial charge in [0.1, 0.15) is 11.5 Å². The first-order valence-corrected chi connectivity index (χ1v) is 9.82. The van der Waals surface area contributed by atoms with E-state index >= 15 is 0 Å². The van der Waals surface area contributed by atoms with Crippen molar-refractivity contribution >= 4 is 53.9 Å². The highest BCUT2D eigenvalue weighted by atomic mass is 16.3. The quantitative estimate of drug-likeness (QED) is 0.289. The maximum atomic E-state index is 13.4. The Bertz CT molecular complexity index is 1880. The monoisotopic (exact) mass is 420 g/mol. The van der Waals surface area contributed by atoms with E-state index in [1.165, 1.54) is 12.1 Å². The fourth-order valence-corrected chi connectivity index (χ4v) is 4.64. The van der Waals surface area contributed by atoms with E-state index in [9.17, 15) is 29.4 Å². The molecule has 152 valence electrons. The fourth-order valence-electron chi connectivity index (χ4n) is 4.64. The van der Waals surface area contributed by atoms with Gasteiger partial charge in [-0.1, -0.05) is 48.5 Å². The lowest BCUT2D eigenvalue weighted by Gasteiger charge is -2.10. The van der Waals surface area contributed by atoms with E-state index in [-0.39, 0.29) is 21.5 Å². The fraction of sp³-hybridized carbons (Fsp3) is 0. The van der Waals surface area contributed by atoms with Gasteiger partial charge in [-0.3, -0.25) is 19.2 Å². The van der Waals surface area contributed by atoms with Crippen molar-refractivity contribution in [3.8, 4) is 11.5 Å². The molecule has 0 heterocycles. The Hall–Kier alpha value is -4.58. The minimum atomic E-state index is -0.766. The Kier molecular flexibility index (Phi) is 3.40. The molecule has 0 atom stereocenters. The van der Waals surface area contributed by atoms with Crippen LogP contribution < -0.4 is 21.7 Å². The number of aromatic hydroxyl groups is 2. The van der Waals surface area contributed by atoms with E-state index in [1.807, 2.05) is 0 Å². The summed E-state index contributed by atoms with van der Waals surface area (Å²) < 4.78 is 0. The summed E-state index contributed by atoms with van der Waals surface area (Å²) in [5.74, 6) is -1.53. The molecule has 0 amide bonds. The zero-order valence-electron chi connectivity index (χ0n) is 16.3. The van der Waals surface area contributed by atoms with Crippen molar-refractivity contribution < 1.29 is 10.2 Å². The molecule has 0 spiro atoms. The normalized spacial score (nSPS) is 11.9. The minimum Gasteiger partial charge on any atom is -0.506 e. The van der Waals surface area contributed by atoms with Crippen molar-refractivity contribution in [2.45, 2.75) is 0 Å². The van der Waals surface area contributed by atoms with E-state index in [0.717, 1.165) is 10.8 Å². The van der Waals surface area contributed by atoms with Crippen LogP contribution in [0.4, 0.5) is 0 Å². The van der Waals surface area contributed by atoms with Crippen LogP contribution in [-0.2, 0) is 0 Å². The van der Waals surface area contributed by atoms with Crippen LogP contribution in [0.2, 0.25) is 0 Å². The summed E-state index contributed by atoms with van der Waals surface area (Å²) in [5, 5.41) is 21.8. The molecule has 0 saturated carbocycles. The molecule has 0 fully saturated rings. The molecule has 0 bridgehead atoms. The molecule has 6 nitrogen and oxygen atoms in total. The van der Waals surface area contributed by atoms with Crippen molar-refractivity contribution in [3.63, 3.8) is 0 Å². The second-order valence-corrected chi connectivity index (χ2v) is 7.80. The molecule has 0 aliphatic carbocycles. The van der Waals surface area contributed by atoms with Gasteiger partial charge < -0.3 is 10.2 Å². The van der Waals surface area contributed by atoms with Crippen LogP contribution in [0, 0.1) is 0 Å². The maximum absolute atomic E-state index is 13.4. The van der Waals surface area contributed by atoms with Crippen LogP contribution in [-0.4, -0.2) is 10.2 Å². The van der Waals surface area contributed by atoms with E-state index in [1.54, 1.807) is 48.5 Å². The van der Waals surface area contributed by atoms with Crippen LogP contribution in [0.15, 0.2) is 79.8 Å². The molecule has 6 rings (SSSR count). The van der Waals surface area contributed by atoms with Crippen LogP contribution >= 0.6 is 0 Å². The molecule has 6 heteroatoms. The first-order valence-electron chi connectivity index (χ1n) is 9.82. The van der Waals surface area contributed by atoms with Gasteiger partial charge >= 0.3 is 0 Å². The van der Waals surface area contributed by atoms with E-state index in [0.29, 0.717) is 0 Å². The molecule has 0 radical (unpaired) electrons.